The first-order chi connectivity index (χ1) is 15.2. The van der Waals surface area contributed by atoms with Crippen LogP contribution in [0.25, 0.3) is 10.9 Å². The van der Waals surface area contributed by atoms with Crippen LogP contribution in [-0.2, 0) is 6.54 Å². The number of anilines is 2. The zero-order valence-corrected chi connectivity index (χ0v) is 17.3. The number of hydrogen-bond donors (Lipinski definition) is 2. The first kappa shape index (κ1) is 18.4. The van der Waals surface area contributed by atoms with Gasteiger partial charge in [0.15, 0.2) is 5.82 Å². The number of aromatic amines is 1. The quantitative estimate of drug-likeness (QED) is 0.514. The zero-order chi connectivity index (χ0) is 20.8. The molecule has 2 N–H and O–H groups in total. The van der Waals surface area contributed by atoms with Crippen LogP contribution in [0.3, 0.4) is 0 Å². The van der Waals surface area contributed by atoms with Crippen LogP contribution >= 0.6 is 0 Å². The Morgan fingerprint density at radius 1 is 1.19 bits per heavy atom. The van der Waals surface area contributed by atoms with Gasteiger partial charge in [-0.15, -0.1) is 0 Å². The number of pyridine rings is 1. The molecule has 2 fully saturated rings. The molecule has 1 unspecified atom stereocenters. The highest BCUT2D eigenvalue weighted by Crippen LogP contribution is 2.64. The lowest BCUT2D eigenvalue weighted by Crippen LogP contribution is -2.13. The van der Waals surface area contributed by atoms with E-state index in [1.165, 1.54) is 44.9 Å². The smallest absolute Gasteiger partial charge is 0.261 e. The van der Waals surface area contributed by atoms with Crippen molar-refractivity contribution in [1.82, 2.24) is 29.5 Å². The van der Waals surface area contributed by atoms with E-state index in [-0.39, 0.29) is 5.56 Å². The largest absolute Gasteiger partial charge is 0.338 e. The molecule has 0 bridgehead atoms. The topological polar surface area (TPSA) is 93.4 Å². The van der Waals surface area contributed by atoms with Crippen LogP contribution in [0.2, 0.25) is 0 Å². The van der Waals surface area contributed by atoms with E-state index in [2.05, 4.69) is 31.1 Å². The number of nitrogens with zero attached hydrogens (tertiary/aromatic N) is 5. The normalized spacial score (nSPS) is 19.7. The molecule has 3 aromatic heterocycles. The van der Waals surface area contributed by atoms with Gasteiger partial charge in [0.05, 0.1) is 18.1 Å². The fourth-order valence-electron chi connectivity index (χ4n) is 5.28. The summed E-state index contributed by atoms with van der Waals surface area (Å²) in [7, 11) is 0. The minimum absolute atomic E-state index is 0.108. The standard InChI is InChI=1S/C23H25N7O/c31-22-20-18(7-10-25-22)30(19-12-23(19)8-2-1-3-9-23)28-21(20)27-17-6-4-5-16(11-17)13-29-15-24-14-26-29/h4-7,10-11,14-15,19H,1-3,8-9,12-13H2,(H,25,31)(H,27,28). The number of benzene rings is 1. The Hall–Kier alpha value is -3.42. The fraction of sp³-hybridized carbons (Fsp3) is 0.391. The predicted molar refractivity (Wildman–Crippen MR) is 118 cm³/mol. The SMILES string of the molecule is O=c1[nH]ccc2c1c(Nc1cccc(Cn3cncn3)c1)nn2C1CC12CCCCC2. The fourth-order valence-corrected chi connectivity index (χ4v) is 5.28. The van der Waals surface area contributed by atoms with Crippen molar-refractivity contribution >= 4 is 22.4 Å². The van der Waals surface area contributed by atoms with Gasteiger partial charge in [0.2, 0.25) is 0 Å². The minimum atomic E-state index is -0.108. The van der Waals surface area contributed by atoms with E-state index in [0.29, 0.717) is 29.2 Å². The minimum Gasteiger partial charge on any atom is -0.338 e. The molecule has 31 heavy (non-hydrogen) atoms. The number of fused-ring (bicyclic) bond motifs is 1. The van der Waals surface area contributed by atoms with Crippen LogP contribution in [0, 0.1) is 5.41 Å². The Bertz CT molecular complexity index is 1280. The predicted octanol–water partition coefficient (Wildman–Crippen LogP) is 4.00. The van der Waals surface area contributed by atoms with Gasteiger partial charge in [-0.05, 0) is 48.4 Å². The molecule has 0 aliphatic heterocycles. The van der Waals surface area contributed by atoms with Crippen LogP contribution in [0.5, 0.6) is 0 Å². The van der Waals surface area contributed by atoms with Crippen molar-refractivity contribution in [2.45, 2.75) is 51.1 Å². The maximum Gasteiger partial charge on any atom is 0.261 e. The van der Waals surface area contributed by atoms with Gasteiger partial charge in [0, 0.05) is 11.9 Å². The molecular weight excluding hydrogens is 390 g/mol. The Balaban J connectivity index is 1.34. The van der Waals surface area contributed by atoms with Crippen molar-refractivity contribution in [3.63, 3.8) is 0 Å². The monoisotopic (exact) mass is 415 g/mol. The lowest BCUT2D eigenvalue weighted by molar-refractivity contribution is 0.303. The number of hydrogen-bond acceptors (Lipinski definition) is 5. The molecule has 8 heteroatoms. The van der Waals surface area contributed by atoms with Gasteiger partial charge in [0.1, 0.15) is 18.0 Å². The molecule has 3 heterocycles. The molecule has 1 atom stereocenters. The highest BCUT2D eigenvalue weighted by molar-refractivity contribution is 5.91. The van der Waals surface area contributed by atoms with Crippen LogP contribution in [0.4, 0.5) is 11.5 Å². The molecule has 0 radical (unpaired) electrons. The average Bonchev–Trinajstić information content (AvgIpc) is 3.11. The van der Waals surface area contributed by atoms with Crippen LogP contribution in [-0.4, -0.2) is 29.5 Å². The molecule has 0 amide bonds. The summed E-state index contributed by atoms with van der Waals surface area (Å²) >= 11 is 0. The van der Waals surface area contributed by atoms with Crippen molar-refractivity contribution in [2.75, 3.05) is 5.32 Å². The van der Waals surface area contributed by atoms with Gasteiger partial charge in [-0.1, -0.05) is 31.4 Å². The molecule has 0 saturated heterocycles. The van der Waals surface area contributed by atoms with Crippen molar-refractivity contribution in [3.05, 3.63) is 65.1 Å². The lowest BCUT2D eigenvalue weighted by atomic mass is 9.86. The average molecular weight is 416 g/mol. The first-order valence-electron chi connectivity index (χ1n) is 11.0. The summed E-state index contributed by atoms with van der Waals surface area (Å²) in [6.45, 7) is 0.635. The van der Waals surface area contributed by atoms with Gasteiger partial charge in [-0.2, -0.15) is 10.2 Å². The third kappa shape index (κ3) is 3.22. The highest BCUT2D eigenvalue weighted by atomic mass is 16.1. The second kappa shape index (κ2) is 7.08. The van der Waals surface area contributed by atoms with Crippen LogP contribution < -0.4 is 10.9 Å². The van der Waals surface area contributed by atoms with E-state index in [1.54, 1.807) is 17.2 Å². The van der Waals surface area contributed by atoms with Crippen molar-refractivity contribution in [1.29, 1.82) is 0 Å². The zero-order valence-electron chi connectivity index (χ0n) is 17.3. The van der Waals surface area contributed by atoms with Crippen molar-refractivity contribution in [3.8, 4) is 0 Å². The summed E-state index contributed by atoms with van der Waals surface area (Å²) in [5.74, 6) is 0.618. The Labute approximate surface area is 179 Å². The number of H-pyrrole nitrogens is 1. The second-order valence-electron chi connectivity index (χ2n) is 8.92. The molecule has 2 aliphatic carbocycles. The first-order valence-corrected chi connectivity index (χ1v) is 11.0. The van der Waals surface area contributed by atoms with E-state index in [0.717, 1.165) is 16.8 Å². The summed E-state index contributed by atoms with van der Waals surface area (Å²) in [4.78, 5) is 19.5. The Kier molecular flexibility index (Phi) is 4.19. The maximum atomic E-state index is 12.7. The van der Waals surface area contributed by atoms with E-state index >= 15 is 0 Å². The number of aromatic nitrogens is 6. The maximum absolute atomic E-state index is 12.7. The van der Waals surface area contributed by atoms with Gasteiger partial charge < -0.3 is 10.3 Å². The molecule has 8 nitrogen and oxygen atoms in total. The summed E-state index contributed by atoms with van der Waals surface area (Å²) in [5, 5.41) is 13.1. The Morgan fingerprint density at radius 3 is 2.94 bits per heavy atom. The van der Waals surface area contributed by atoms with Gasteiger partial charge in [-0.25, -0.2) is 9.67 Å². The third-order valence-corrected chi connectivity index (χ3v) is 6.92. The summed E-state index contributed by atoms with van der Waals surface area (Å²) in [5.41, 5.74) is 3.18. The summed E-state index contributed by atoms with van der Waals surface area (Å²) < 4.78 is 3.89. The molecule has 2 saturated carbocycles. The molecule has 1 aromatic carbocycles. The van der Waals surface area contributed by atoms with Gasteiger partial charge in [-0.3, -0.25) is 9.48 Å². The number of nitrogens with one attached hydrogen (secondary N) is 2. The molecule has 4 aromatic rings. The van der Waals surface area contributed by atoms with E-state index < -0.39 is 0 Å². The molecule has 6 rings (SSSR count). The van der Waals surface area contributed by atoms with Crippen molar-refractivity contribution in [2.24, 2.45) is 5.41 Å². The van der Waals surface area contributed by atoms with E-state index in [4.69, 9.17) is 5.10 Å². The molecule has 1 spiro atoms. The van der Waals surface area contributed by atoms with Crippen molar-refractivity contribution < 1.29 is 0 Å². The summed E-state index contributed by atoms with van der Waals surface area (Å²) in [6, 6.07) is 10.5. The molecule has 2 aliphatic rings. The highest BCUT2D eigenvalue weighted by Gasteiger charge is 2.56. The van der Waals surface area contributed by atoms with Gasteiger partial charge in [0.25, 0.3) is 5.56 Å². The number of rotatable bonds is 5. The summed E-state index contributed by atoms with van der Waals surface area (Å²) in [6.07, 6.45) is 12.6. The van der Waals surface area contributed by atoms with E-state index in [1.807, 2.05) is 24.3 Å². The molecular formula is C23H25N7O. The third-order valence-electron chi connectivity index (χ3n) is 6.92. The van der Waals surface area contributed by atoms with Gasteiger partial charge >= 0.3 is 0 Å². The lowest BCUT2D eigenvalue weighted by Gasteiger charge is -2.22. The Morgan fingerprint density at radius 2 is 2.10 bits per heavy atom. The van der Waals surface area contributed by atoms with Crippen LogP contribution in [0.15, 0.2) is 54.0 Å². The van der Waals surface area contributed by atoms with E-state index in [9.17, 15) is 4.79 Å². The van der Waals surface area contributed by atoms with Crippen LogP contribution in [0.1, 0.15) is 50.1 Å². The molecule has 158 valence electrons. The second-order valence-corrected chi connectivity index (χ2v) is 8.92.